The van der Waals surface area contributed by atoms with E-state index in [0.717, 1.165) is 17.4 Å². The van der Waals surface area contributed by atoms with Crippen LogP contribution >= 0.6 is 0 Å². The molecular weight excluding hydrogens is 255 g/mol. The third-order valence-electron chi connectivity index (χ3n) is 4.99. The lowest BCUT2D eigenvalue weighted by atomic mass is 9.84. The highest BCUT2D eigenvalue weighted by Gasteiger charge is 2.39. The Morgan fingerprint density at radius 2 is 2.20 bits per heavy atom. The molecule has 1 aromatic rings. The molecule has 2 saturated carbocycles. The van der Waals surface area contributed by atoms with Crippen LogP contribution in [0.4, 0.5) is 4.39 Å². The van der Waals surface area contributed by atoms with Gasteiger partial charge < -0.3 is 4.74 Å². The number of ether oxygens (including phenoxy) is 1. The molecule has 0 N–H and O–H groups in total. The molecule has 3 atom stereocenters. The molecule has 2 aliphatic rings. The van der Waals surface area contributed by atoms with Crippen molar-refractivity contribution in [1.82, 2.24) is 0 Å². The monoisotopic (exact) mass is 276 g/mol. The fourth-order valence-corrected chi connectivity index (χ4v) is 4.04. The Kier molecular flexibility index (Phi) is 3.77. The van der Waals surface area contributed by atoms with E-state index in [-0.39, 0.29) is 11.5 Å². The van der Waals surface area contributed by atoms with Gasteiger partial charge in [0.05, 0.1) is 7.11 Å². The summed E-state index contributed by atoms with van der Waals surface area (Å²) in [7, 11) is 1.44. The van der Waals surface area contributed by atoms with Gasteiger partial charge in [-0.15, -0.1) is 0 Å². The third-order valence-corrected chi connectivity index (χ3v) is 4.99. The summed E-state index contributed by atoms with van der Waals surface area (Å²) in [6.45, 7) is 0. The van der Waals surface area contributed by atoms with Gasteiger partial charge in [-0.2, -0.15) is 0 Å². The average Bonchev–Trinajstić information content (AvgIpc) is 3.01. The van der Waals surface area contributed by atoms with E-state index in [9.17, 15) is 9.18 Å². The van der Waals surface area contributed by atoms with Crippen molar-refractivity contribution in [3.05, 3.63) is 29.6 Å². The van der Waals surface area contributed by atoms with Gasteiger partial charge in [0, 0.05) is 12.8 Å². The lowest BCUT2D eigenvalue weighted by molar-refractivity contribution is -0.119. The number of halogens is 1. The fourth-order valence-electron chi connectivity index (χ4n) is 4.04. The van der Waals surface area contributed by atoms with Crippen molar-refractivity contribution < 1.29 is 13.9 Å². The highest BCUT2D eigenvalue weighted by atomic mass is 19.1. The van der Waals surface area contributed by atoms with E-state index in [1.54, 1.807) is 12.1 Å². The van der Waals surface area contributed by atoms with Crippen molar-refractivity contribution in [2.24, 2.45) is 17.8 Å². The highest BCUT2D eigenvalue weighted by Crippen LogP contribution is 2.49. The minimum Gasteiger partial charge on any atom is -0.494 e. The van der Waals surface area contributed by atoms with Crippen molar-refractivity contribution in [2.75, 3.05) is 7.11 Å². The molecule has 0 radical (unpaired) electrons. The lowest BCUT2D eigenvalue weighted by Gasteiger charge is -2.20. The number of ketones is 1. The molecule has 1 aromatic carbocycles. The van der Waals surface area contributed by atoms with E-state index in [1.165, 1.54) is 38.9 Å². The van der Waals surface area contributed by atoms with Crippen LogP contribution in [0.3, 0.4) is 0 Å². The zero-order chi connectivity index (χ0) is 14.1. The zero-order valence-electron chi connectivity index (χ0n) is 11.9. The van der Waals surface area contributed by atoms with E-state index >= 15 is 0 Å². The van der Waals surface area contributed by atoms with Gasteiger partial charge in [-0.1, -0.05) is 12.5 Å². The molecule has 3 heteroatoms. The lowest BCUT2D eigenvalue weighted by Crippen LogP contribution is -2.16. The molecule has 3 unspecified atom stereocenters. The number of carbonyl (C=O) groups excluding carboxylic acids is 1. The number of hydrogen-bond donors (Lipinski definition) is 0. The minimum atomic E-state index is -0.391. The standard InChI is InChI=1S/C17H21FO2/c1-20-17-5-3-12(9-16(17)18)8-15(19)10-14-7-11-2-4-13(14)6-11/h3,5,9,11,13-14H,2,4,6-8,10H2,1H3. The fraction of sp³-hybridized carbons (Fsp3) is 0.588. The van der Waals surface area contributed by atoms with E-state index in [1.807, 2.05) is 0 Å². The first-order valence-corrected chi connectivity index (χ1v) is 7.50. The van der Waals surface area contributed by atoms with Gasteiger partial charge in [0.2, 0.25) is 0 Å². The molecule has 2 bridgehead atoms. The van der Waals surface area contributed by atoms with Crippen LogP contribution in [0.5, 0.6) is 5.75 Å². The Balaban J connectivity index is 1.57. The molecule has 2 fully saturated rings. The molecule has 0 saturated heterocycles. The molecule has 2 aliphatic carbocycles. The van der Waals surface area contributed by atoms with E-state index < -0.39 is 5.82 Å². The van der Waals surface area contributed by atoms with Crippen molar-refractivity contribution in [3.63, 3.8) is 0 Å². The third kappa shape index (κ3) is 2.72. The van der Waals surface area contributed by atoms with Crippen molar-refractivity contribution >= 4 is 5.78 Å². The maximum absolute atomic E-state index is 13.6. The Hall–Kier alpha value is -1.38. The average molecular weight is 276 g/mol. The second-order valence-corrected chi connectivity index (χ2v) is 6.32. The molecule has 0 amide bonds. The quantitative estimate of drug-likeness (QED) is 0.818. The predicted octanol–water partition coefficient (Wildman–Crippen LogP) is 3.77. The summed E-state index contributed by atoms with van der Waals surface area (Å²) in [5, 5.41) is 0. The number of rotatable bonds is 5. The van der Waals surface area contributed by atoms with Gasteiger partial charge in [-0.3, -0.25) is 4.79 Å². The number of benzene rings is 1. The molecule has 0 aliphatic heterocycles. The zero-order valence-corrected chi connectivity index (χ0v) is 11.9. The molecule has 0 aromatic heterocycles. The Labute approximate surface area is 119 Å². The Morgan fingerprint density at radius 1 is 1.35 bits per heavy atom. The van der Waals surface area contributed by atoms with Crippen LogP contribution in [0, 0.1) is 23.6 Å². The smallest absolute Gasteiger partial charge is 0.165 e. The van der Waals surface area contributed by atoms with Crippen LogP contribution in [0.25, 0.3) is 0 Å². The minimum absolute atomic E-state index is 0.231. The second-order valence-electron chi connectivity index (χ2n) is 6.32. The van der Waals surface area contributed by atoms with Crippen molar-refractivity contribution in [2.45, 2.75) is 38.5 Å². The molecule has 2 nitrogen and oxygen atoms in total. The van der Waals surface area contributed by atoms with Crippen molar-refractivity contribution in [3.8, 4) is 5.75 Å². The summed E-state index contributed by atoms with van der Waals surface area (Å²) in [5.74, 6) is 2.32. The number of hydrogen-bond acceptors (Lipinski definition) is 2. The predicted molar refractivity (Wildman–Crippen MR) is 75.2 cm³/mol. The second kappa shape index (κ2) is 5.55. The summed E-state index contributed by atoms with van der Waals surface area (Å²) in [6.07, 6.45) is 6.24. The molecule has 0 spiro atoms. The van der Waals surface area contributed by atoms with Crippen LogP contribution in [0.1, 0.15) is 37.7 Å². The van der Waals surface area contributed by atoms with Gasteiger partial charge in [-0.05, 0) is 54.7 Å². The first-order valence-electron chi connectivity index (χ1n) is 7.50. The maximum atomic E-state index is 13.6. The largest absolute Gasteiger partial charge is 0.494 e. The van der Waals surface area contributed by atoms with Gasteiger partial charge in [-0.25, -0.2) is 4.39 Å². The van der Waals surface area contributed by atoms with E-state index in [4.69, 9.17) is 4.74 Å². The van der Waals surface area contributed by atoms with Crippen LogP contribution in [-0.2, 0) is 11.2 Å². The van der Waals surface area contributed by atoms with Gasteiger partial charge >= 0.3 is 0 Å². The number of Topliss-reactive ketones (excluding diaryl/α,β-unsaturated/α-hetero) is 1. The molecular formula is C17H21FO2. The molecule has 20 heavy (non-hydrogen) atoms. The first-order chi connectivity index (χ1) is 9.65. The van der Waals surface area contributed by atoms with E-state index in [2.05, 4.69) is 0 Å². The summed E-state index contributed by atoms with van der Waals surface area (Å²) >= 11 is 0. The SMILES string of the molecule is COc1ccc(CC(=O)CC2CC3CCC2C3)cc1F. The highest BCUT2D eigenvalue weighted by molar-refractivity contribution is 5.81. The topological polar surface area (TPSA) is 26.3 Å². The summed E-state index contributed by atoms with van der Waals surface area (Å²) in [4.78, 5) is 12.2. The van der Waals surface area contributed by atoms with Gasteiger partial charge in [0.15, 0.2) is 11.6 Å². The van der Waals surface area contributed by atoms with Crippen LogP contribution < -0.4 is 4.74 Å². The number of methoxy groups -OCH3 is 1. The van der Waals surface area contributed by atoms with Crippen molar-refractivity contribution in [1.29, 1.82) is 0 Å². The molecule has 108 valence electrons. The first kappa shape index (κ1) is 13.6. The Bertz CT molecular complexity index is 512. The van der Waals surface area contributed by atoms with Crippen LogP contribution in [0.2, 0.25) is 0 Å². The summed E-state index contributed by atoms with van der Waals surface area (Å²) in [5.41, 5.74) is 0.747. The van der Waals surface area contributed by atoms with E-state index in [0.29, 0.717) is 18.8 Å². The van der Waals surface area contributed by atoms with Gasteiger partial charge in [0.1, 0.15) is 5.78 Å². The Morgan fingerprint density at radius 3 is 2.80 bits per heavy atom. The van der Waals surface area contributed by atoms with Gasteiger partial charge in [0.25, 0.3) is 0 Å². The summed E-state index contributed by atoms with van der Waals surface area (Å²) in [6, 6.07) is 4.79. The summed E-state index contributed by atoms with van der Waals surface area (Å²) < 4.78 is 18.5. The number of fused-ring (bicyclic) bond motifs is 2. The van der Waals surface area contributed by atoms with Crippen LogP contribution in [-0.4, -0.2) is 12.9 Å². The normalized spacial score (nSPS) is 27.8. The maximum Gasteiger partial charge on any atom is 0.165 e. The molecule has 3 rings (SSSR count). The number of carbonyl (C=O) groups is 1. The van der Waals surface area contributed by atoms with Crippen LogP contribution in [0.15, 0.2) is 18.2 Å². The molecule has 0 heterocycles.